The van der Waals surface area contributed by atoms with Crippen LogP contribution < -0.4 is 0 Å². The molecule has 0 aliphatic heterocycles. The van der Waals surface area contributed by atoms with Crippen molar-refractivity contribution in [1.82, 2.24) is 4.90 Å². The monoisotopic (exact) mass is 276 g/mol. The smallest absolute Gasteiger partial charge is 0.0991 e. The molecule has 0 bridgehead atoms. The van der Waals surface area contributed by atoms with E-state index in [1.807, 2.05) is 30.1 Å². The van der Waals surface area contributed by atoms with E-state index in [0.717, 1.165) is 18.4 Å². The number of aliphatic hydroxyl groups is 1. The second-order valence-electron chi connectivity index (χ2n) is 5.09. The van der Waals surface area contributed by atoms with Crippen molar-refractivity contribution >= 4 is 0 Å². The van der Waals surface area contributed by atoms with Gasteiger partial charge in [-0.1, -0.05) is 25.5 Å². The van der Waals surface area contributed by atoms with Gasteiger partial charge >= 0.3 is 0 Å². The summed E-state index contributed by atoms with van der Waals surface area (Å²) in [7, 11) is 1.95. The number of nitrogens with zero attached hydrogens (tertiary/aromatic N) is 2. The van der Waals surface area contributed by atoms with E-state index >= 15 is 0 Å². The number of ether oxygens (including phenoxy) is 1. The number of likely N-dealkylation sites (N-methyl/N-ethyl adjacent to an activating group) is 1. The van der Waals surface area contributed by atoms with E-state index in [2.05, 4.69) is 13.0 Å². The third-order valence-corrected chi connectivity index (χ3v) is 2.98. The molecular formula is C16H24N2O2. The van der Waals surface area contributed by atoms with Gasteiger partial charge in [-0.2, -0.15) is 5.26 Å². The molecule has 4 nitrogen and oxygen atoms in total. The first-order chi connectivity index (χ1) is 9.65. The third kappa shape index (κ3) is 6.67. The lowest BCUT2D eigenvalue weighted by molar-refractivity contribution is 0.0188. The fourth-order valence-electron chi connectivity index (χ4n) is 1.99. The summed E-state index contributed by atoms with van der Waals surface area (Å²) >= 11 is 0. The van der Waals surface area contributed by atoms with Gasteiger partial charge in [-0.05, 0) is 31.2 Å². The molecule has 0 aliphatic rings. The van der Waals surface area contributed by atoms with Crippen LogP contribution in [0.2, 0.25) is 0 Å². The Morgan fingerprint density at radius 3 is 2.95 bits per heavy atom. The largest absolute Gasteiger partial charge is 0.389 e. The van der Waals surface area contributed by atoms with Crippen LogP contribution in [0.25, 0.3) is 0 Å². The van der Waals surface area contributed by atoms with Crippen LogP contribution in [-0.4, -0.2) is 42.9 Å². The van der Waals surface area contributed by atoms with Crippen LogP contribution in [0.1, 0.15) is 30.9 Å². The maximum Gasteiger partial charge on any atom is 0.0991 e. The Bertz CT molecular complexity index is 429. The van der Waals surface area contributed by atoms with Crippen LogP contribution in [0.5, 0.6) is 0 Å². The summed E-state index contributed by atoms with van der Waals surface area (Å²) in [5, 5.41) is 18.7. The first-order valence-electron chi connectivity index (χ1n) is 7.09. The van der Waals surface area contributed by atoms with E-state index < -0.39 is 6.10 Å². The van der Waals surface area contributed by atoms with Crippen molar-refractivity contribution in [2.24, 2.45) is 0 Å². The SMILES string of the molecule is CCCCOCC(O)CN(C)Cc1cccc(C#N)c1. The molecule has 0 saturated carbocycles. The van der Waals surface area contributed by atoms with Crippen LogP contribution in [0.3, 0.4) is 0 Å². The third-order valence-electron chi connectivity index (χ3n) is 2.98. The Labute approximate surface area is 121 Å². The first kappa shape index (κ1) is 16.6. The normalized spacial score (nSPS) is 12.3. The number of aliphatic hydroxyl groups excluding tert-OH is 1. The molecule has 110 valence electrons. The van der Waals surface area contributed by atoms with Gasteiger partial charge < -0.3 is 9.84 Å². The van der Waals surface area contributed by atoms with E-state index in [-0.39, 0.29) is 0 Å². The Kier molecular flexibility index (Phi) is 7.89. The van der Waals surface area contributed by atoms with Crippen LogP contribution in [0.15, 0.2) is 24.3 Å². The van der Waals surface area contributed by atoms with Crippen LogP contribution in [0, 0.1) is 11.3 Å². The average Bonchev–Trinajstić information content (AvgIpc) is 2.43. The highest BCUT2D eigenvalue weighted by atomic mass is 16.5. The number of nitriles is 1. The van der Waals surface area contributed by atoms with E-state index in [9.17, 15) is 5.11 Å². The highest BCUT2D eigenvalue weighted by Gasteiger charge is 2.09. The predicted molar refractivity (Wildman–Crippen MR) is 79.2 cm³/mol. The van der Waals surface area contributed by atoms with E-state index in [1.165, 1.54) is 0 Å². The Hall–Kier alpha value is -1.41. The van der Waals surface area contributed by atoms with Gasteiger partial charge in [0.25, 0.3) is 0 Å². The minimum absolute atomic E-state index is 0.378. The molecule has 0 aliphatic carbocycles. The van der Waals surface area contributed by atoms with Gasteiger partial charge in [0.05, 0.1) is 24.3 Å². The molecule has 1 N–H and O–H groups in total. The molecule has 1 atom stereocenters. The zero-order chi connectivity index (χ0) is 14.8. The Morgan fingerprint density at radius 1 is 1.45 bits per heavy atom. The summed E-state index contributed by atoms with van der Waals surface area (Å²) in [4.78, 5) is 2.03. The summed E-state index contributed by atoms with van der Waals surface area (Å²) in [5.41, 5.74) is 1.74. The van der Waals surface area contributed by atoms with E-state index in [1.54, 1.807) is 6.07 Å². The number of unbranched alkanes of at least 4 members (excludes halogenated alkanes) is 1. The summed E-state index contributed by atoms with van der Waals surface area (Å²) in [6.45, 7) is 4.47. The van der Waals surface area contributed by atoms with Crippen molar-refractivity contribution in [3.63, 3.8) is 0 Å². The van der Waals surface area contributed by atoms with Crippen LogP contribution in [0.4, 0.5) is 0 Å². The fraction of sp³-hybridized carbons (Fsp3) is 0.562. The maximum absolute atomic E-state index is 9.88. The van der Waals surface area contributed by atoms with E-state index in [0.29, 0.717) is 31.9 Å². The van der Waals surface area contributed by atoms with Gasteiger partial charge in [0.15, 0.2) is 0 Å². The molecule has 0 heterocycles. The second-order valence-corrected chi connectivity index (χ2v) is 5.09. The standard InChI is InChI=1S/C16H24N2O2/c1-3-4-8-20-13-16(19)12-18(2)11-15-7-5-6-14(9-15)10-17/h5-7,9,16,19H,3-4,8,11-13H2,1-2H3. The van der Waals surface area contributed by atoms with Gasteiger partial charge in [0.2, 0.25) is 0 Å². The van der Waals surface area contributed by atoms with Crippen molar-refractivity contribution in [3.05, 3.63) is 35.4 Å². The lowest BCUT2D eigenvalue weighted by Gasteiger charge is -2.20. The quantitative estimate of drug-likeness (QED) is 0.702. The highest BCUT2D eigenvalue weighted by molar-refractivity contribution is 5.32. The van der Waals surface area contributed by atoms with Gasteiger partial charge in [-0.15, -0.1) is 0 Å². The Balaban J connectivity index is 2.31. The summed E-state index contributed by atoms with van der Waals surface area (Å²) < 4.78 is 5.40. The molecule has 1 aromatic rings. The lowest BCUT2D eigenvalue weighted by Crippen LogP contribution is -2.32. The zero-order valence-corrected chi connectivity index (χ0v) is 12.4. The summed E-state index contributed by atoms with van der Waals surface area (Å²) in [5.74, 6) is 0. The fourth-order valence-corrected chi connectivity index (χ4v) is 1.99. The van der Waals surface area contributed by atoms with Gasteiger partial charge in [-0.3, -0.25) is 4.90 Å². The molecule has 0 amide bonds. The molecule has 0 aromatic heterocycles. The molecule has 20 heavy (non-hydrogen) atoms. The molecule has 0 fully saturated rings. The minimum atomic E-state index is -0.476. The van der Waals surface area contributed by atoms with Gasteiger partial charge in [0, 0.05) is 19.7 Å². The minimum Gasteiger partial charge on any atom is -0.389 e. The molecule has 0 spiro atoms. The zero-order valence-electron chi connectivity index (χ0n) is 12.4. The van der Waals surface area contributed by atoms with Crippen LogP contribution >= 0.6 is 0 Å². The van der Waals surface area contributed by atoms with Gasteiger partial charge in [0.1, 0.15) is 0 Å². The molecule has 1 unspecified atom stereocenters. The van der Waals surface area contributed by atoms with Gasteiger partial charge in [-0.25, -0.2) is 0 Å². The summed E-state index contributed by atoms with van der Waals surface area (Å²) in [6, 6.07) is 9.67. The topological polar surface area (TPSA) is 56.5 Å². The number of benzene rings is 1. The Morgan fingerprint density at radius 2 is 2.25 bits per heavy atom. The molecule has 0 radical (unpaired) electrons. The molecule has 4 heteroatoms. The van der Waals surface area contributed by atoms with Crippen molar-refractivity contribution in [3.8, 4) is 6.07 Å². The van der Waals surface area contributed by atoms with Crippen molar-refractivity contribution in [2.45, 2.75) is 32.4 Å². The van der Waals surface area contributed by atoms with Crippen LogP contribution in [-0.2, 0) is 11.3 Å². The molecule has 1 aromatic carbocycles. The molecular weight excluding hydrogens is 252 g/mol. The van der Waals surface area contributed by atoms with Crippen molar-refractivity contribution in [1.29, 1.82) is 5.26 Å². The maximum atomic E-state index is 9.88. The number of hydrogen-bond acceptors (Lipinski definition) is 4. The van der Waals surface area contributed by atoms with Crippen molar-refractivity contribution in [2.75, 3.05) is 26.8 Å². The molecule has 1 rings (SSSR count). The lowest BCUT2D eigenvalue weighted by atomic mass is 10.1. The number of hydrogen-bond donors (Lipinski definition) is 1. The summed E-state index contributed by atoms with van der Waals surface area (Å²) in [6.07, 6.45) is 1.66. The number of rotatable bonds is 9. The average molecular weight is 276 g/mol. The second kappa shape index (κ2) is 9.49. The predicted octanol–water partition coefficient (Wildman–Crippen LogP) is 2.17. The molecule has 0 saturated heterocycles. The first-order valence-corrected chi connectivity index (χ1v) is 7.09. The highest BCUT2D eigenvalue weighted by Crippen LogP contribution is 2.07. The van der Waals surface area contributed by atoms with Crippen molar-refractivity contribution < 1.29 is 9.84 Å². The van der Waals surface area contributed by atoms with E-state index in [4.69, 9.17) is 10.00 Å².